The number of nitrogens with one attached hydrogen (secondary N) is 1. The summed E-state index contributed by atoms with van der Waals surface area (Å²) in [6.45, 7) is 2.71. The van der Waals surface area contributed by atoms with E-state index in [1.807, 2.05) is 42.5 Å². The van der Waals surface area contributed by atoms with E-state index in [-0.39, 0.29) is 24.1 Å². The maximum Gasteiger partial charge on any atom is 0.352 e. The number of carboxylic acid groups (broad SMARTS) is 1. The molecule has 1 heterocycles. The molecule has 5 heteroatoms. The van der Waals surface area contributed by atoms with Crippen LogP contribution in [-0.4, -0.2) is 21.7 Å². The van der Waals surface area contributed by atoms with Crippen molar-refractivity contribution in [2.75, 3.05) is 0 Å². The van der Waals surface area contributed by atoms with E-state index in [0.29, 0.717) is 12.1 Å². The molecule has 0 fully saturated rings. The van der Waals surface area contributed by atoms with Gasteiger partial charge >= 0.3 is 5.97 Å². The fourth-order valence-electron chi connectivity index (χ4n) is 4.17. The highest BCUT2D eigenvalue weighted by atomic mass is 19.1. The average Bonchev–Trinajstić information content (AvgIpc) is 3.12. The van der Waals surface area contributed by atoms with Crippen molar-refractivity contribution in [2.45, 2.75) is 38.9 Å². The number of aromatic carboxylic acids is 1. The monoisotopic (exact) mass is 430 g/mol. The second-order valence-corrected chi connectivity index (χ2v) is 8.13. The Kier molecular flexibility index (Phi) is 6.66. The molecule has 0 radical (unpaired) electrons. The molecule has 4 rings (SSSR count). The molecule has 0 amide bonds. The zero-order valence-corrected chi connectivity index (χ0v) is 18.1. The first kappa shape index (κ1) is 21.8. The highest BCUT2D eigenvalue weighted by Gasteiger charge is 2.23. The molecule has 0 aliphatic carbocycles. The van der Waals surface area contributed by atoms with Crippen LogP contribution in [0, 0.1) is 5.82 Å². The largest absolute Gasteiger partial charge is 0.477 e. The maximum atomic E-state index is 14.3. The van der Waals surface area contributed by atoms with Gasteiger partial charge in [0.25, 0.3) is 0 Å². The maximum absolute atomic E-state index is 14.3. The number of rotatable bonds is 9. The second kappa shape index (κ2) is 9.79. The molecule has 4 nitrogen and oxygen atoms in total. The standard InChI is InChI=1S/C27H27FN2O2/c1-19(15-16-20-9-3-2-4-10-20)29-17-23-22-12-6-8-14-25(22)30(26(23)27(31)32)18-21-11-5-7-13-24(21)28/h2-14,19,29H,15-18H2,1H3,(H,31,32)/t19-/m0/s1. The summed E-state index contributed by atoms with van der Waals surface area (Å²) in [4.78, 5) is 12.3. The van der Waals surface area contributed by atoms with Crippen LogP contribution in [0.2, 0.25) is 0 Å². The topological polar surface area (TPSA) is 54.3 Å². The minimum Gasteiger partial charge on any atom is -0.477 e. The zero-order valence-electron chi connectivity index (χ0n) is 18.1. The minimum absolute atomic E-state index is 0.165. The molecule has 4 aromatic rings. The Bertz CT molecular complexity index is 1220. The third kappa shape index (κ3) is 4.73. The number of carboxylic acids is 1. The van der Waals surface area contributed by atoms with Gasteiger partial charge < -0.3 is 15.0 Å². The van der Waals surface area contributed by atoms with Gasteiger partial charge in [0.05, 0.1) is 6.54 Å². The van der Waals surface area contributed by atoms with Crippen molar-refractivity contribution in [1.82, 2.24) is 9.88 Å². The molecule has 164 valence electrons. The summed E-state index contributed by atoms with van der Waals surface area (Å²) in [7, 11) is 0. The number of aromatic nitrogens is 1. The van der Waals surface area contributed by atoms with Crippen LogP contribution >= 0.6 is 0 Å². The van der Waals surface area contributed by atoms with Crippen molar-refractivity contribution in [3.05, 3.63) is 107 Å². The summed E-state index contributed by atoms with van der Waals surface area (Å²) in [5, 5.41) is 14.4. The van der Waals surface area contributed by atoms with Crippen LogP contribution in [0.25, 0.3) is 10.9 Å². The van der Waals surface area contributed by atoms with E-state index < -0.39 is 5.97 Å². The van der Waals surface area contributed by atoms with E-state index in [1.165, 1.54) is 11.6 Å². The number of benzene rings is 3. The first-order valence-corrected chi connectivity index (χ1v) is 10.9. The number of fused-ring (bicyclic) bond motifs is 1. The van der Waals surface area contributed by atoms with Gasteiger partial charge in [-0.05, 0) is 37.5 Å². The Morgan fingerprint density at radius 1 is 1.00 bits per heavy atom. The van der Waals surface area contributed by atoms with E-state index in [2.05, 4.69) is 24.4 Å². The van der Waals surface area contributed by atoms with Crippen molar-refractivity contribution >= 4 is 16.9 Å². The normalized spacial score (nSPS) is 12.2. The first-order chi connectivity index (χ1) is 15.5. The van der Waals surface area contributed by atoms with Gasteiger partial charge in [0.1, 0.15) is 11.5 Å². The fourth-order valence-corrected chi connectivity index (χ4v) is 4.17. The molecule has 3 aromatic carbocycles. The zero-order chi connectivity index (χ0) is 22.5. The van der Waals surface area contributed by atoms with Crippen molar-refractivity contribution in [1.29, 1.82) is 0 Å². The third-order valence-corrected chi connectivity index (χ3v) is 5.90. The molecule has 32 heavy (non-hydrogen) atoms. The van der Waals surface area contributed by atoms with Gasteiger partial charge in [-0.2, -0.15) is 0 Å². The quantitative estimate of drug-likeness (QED) is 0.361. The SMILES string of the molecule is C[C@@H](CCc1ccccc1)NCc1c(C(=O)O)n(Cc2ccccc2F)c2ccccc12. The summed E-state index contributed by atoms with van der Waals surface area (Å²) in [5.41, 5.74) is 3.48. The minimum atomic E-state index is -1.01. The lowest BCUT2D eigenvalue weighted by molar-refractivity contribution is 0.0684. The highest BCUT2D eigenvalue weighted by Crippen LogP contribution is 2.28. The fraction of sp³-hybridized carbons (Fsp3) is 0.222. The lowest BCUT2D eigenvalue weighted by Gasteiger charge is -2.15. The number of halogens is 1. The smallest absolute Gasteiger partial charge is 0.352 e. The predicted octanol–water partition coefficient (Wildman–Crippen LogP) is 5.64. The molecule has 0 spiro atoms. The lowest BCUT2D eigenvalue weighted by atomic mass is 10.1. The van der Waals surface area contributed by atoms with Crippen molar-refractivity contribution in [3.63, 3.8) is 0 Å². The van der Waals surface area contributed by atoms with Gasteiger partial charge in [-0.25, -0.2) is 9.18 Å². The van der Waals surface area contributed by atoms with Crippen LogP contribution in [0.3, 0.4) is 0 Å². The van der Waals surface area contributed by atoms with Gasteiger partial charge in [0.2, 0.25) is 0 Å². The van der Waals surface area contributed by atoms with Crippen LogP contribution < -0.4 is 5.32 Å². The molecule has 2 N–H and O–H groups in total. The second-order valence-electron chi connectivity index (χ2n) is 8.13. The summed E-state index contributed by atoms with van der Waals surface area (Å²) >= 11 is 0. The molecule has 0 saturated carbocycles. The molecule has 0 bridgehead atoms. The molecule has 0 saturated heterocycles. The Morgan fingerprint density at radius 2 is 1.69 bits per heavy atom. The number of aryl methyl sites for hydroxylation is 1. The van der Waals surface area contributed by atoms with Gasteiger partial charge in [-0.1, -0.05) is 66.7 Å². The lowest BCUT2D eigenvalue weighted by Crippen LogP contribution is -2.27. The van der Waals surface area contributed by atoms with Crippen molar-refractivity contribution in [3.8, 4) is 0 Å². The van der Waals surface area contributed by atoms with Crippen LogP contribution in [0.1, 0.15) is 40.5 Å². The van der Waals surface area contributed by atoms with Crippen molar-refractivity contribution < 1.29 is 14.3 Å². The van der Waals surface area contributed by atoms with Gasteiger partial charge in [0.15, 0.2) is 0 Å². The molecule has 0 unspecified atom stereocenters. The molecular formula is C27H27FN2O2. The average molecular weight is 431 g/mol. The Labute approximate surface area is 187 Å². The predicted molar refractivity (Wildman–Crippen MR) is 125 cm³/mol. The highest BCUT2D eigenvalue weighted by molar-refractivity contribution is 5.98. The number of hydrogen-bond acceptors (Lipinski definition) is 2. The Morgan fingerprint density at radius 3 is 2.44 bits per heavy atom. The molecule has 1 aromatic heterocycles. The van der Waals surface area contributed by atoms with Crippen molar-refractivity contribution in [2.24, 2.45) is 0 Å². The van der Waals surface area contributed by atoms with Crippen LogP contribution in [0.15, 0.2) is 78.9 Å². The number of hydrogen-bond donors (Lipinski definition) is 2. The van der Waals surface area contributed by atoms with Gasteiger partial charge in [-0.15, -0.1) is 0 Å². The van der Waals surface area contributed by atoms with E-state index >= 15 is 0 Å². The number of carbonyl (C=O) groups is 1. The molecule has 0 aliphatic rings. The first-order valence-electron chi connectivity index (χ1n) is 10.9. The Balaban J connectivity index is 1.60. The summed E-state index contributed by atoms with van der Waals surface area (Å²) in [6.07, 6.45) is 1.90. The summed E-state index contributed by atoms with van der Waals surface area (Å²) in [5.74, 6) is -1.35. The van der Waals surface area contributed by atoms with E-state index in [1.54, 1.807) is 22.8 Å². The number of nitrogens with zero attached hydrogens (tertiary/aromatic N) is 1. The molecule has 1 atom stereocenters. The Hall–Kier alpha value is -3.44. The summed E-state index contributed by atoms with van der Waals surface area (Å²) in [6, 6.07) is 24.6. The third-order valence-electron chi connectivity index (χ3n) is 5.90. The van der Waals surface area contributed by atoms with E-state index in [4.69, 9.17) is 0 Å². The van der Waals surface area contributed by atoms with Crippen LogP contribution in [0.4, 0.5) is 4.39 Å². The summed E-state index contributed by atoms with van der Waals surface area (Å²) < 4.78 is 16.0. The van der Waals surface area contributed by atoms with Crippen LogP contribution in [0.5, 0.6) is 0 Å². The molecule has 0 aliphatic heterocycles. The van der Waals surface area contributed by atoms with Gasteiger partial charge in [0, 0.05) is 34.6 Å². The van der Waals surface area contributed by atoms with Crippen LogP contribution in [-0.2, 0) is 19.5 Å². The van der Waals surface area contributed by atoms with E-state index in [0.717, 1.165) is 29.3 Å². The van der Waals surface area contributed by atoms with Gasteiger partial charge in [-0.3, -0.25) is 0 Å². The number of para-hydroxylation sites is 1. The molecular weight excluding hydrogens is 403 g/mol. The van der Waals surface area contributed by atoms with E-state index in [9.17, 15) is 14.3 Å².